The van der Waals surface area contributed by atoms with Crippen LogP contribution in [0.5, 0.6) is 0 Å². The number of rotatable bonds is 6. The van der Waals surface area contributed by atoms with Gasteiger partial charge in [-0.15, -0.1) is 79.4 Å². The Morgan fingerprint density at radius 3 is 1.08 bits per heavy atom. The molecule has 0 amide bonds. The van der Waals surface area contributed by atoms with Gasteiger partial charge in [-0.1, -0.05) is 169 Å². The minimum atomic E-state index is -2.94. The fraction of sp³-hybridized carbons (Fsp3) is 0.0435. The molecule has 0 bridgehead atoms. The molecule has 0 fully saturated rings. The molecule has 0 aliphatic rings. The first-order valence-electron chi connectivity index (χ1n) is 15.8. The molecule has 0 unspecified atom stereocenters. The molecule has 8 aromatic rings. The average molecular weight is 669 g/mol. The molecule has 0 spiro atoms. The third kappa shape index (κ3) is 5.47. The van der Waals surface area contributed by atoms with Crippen LogP contribution in [0.25, 0.3) is 43.8 Å². The molecule has 0 atom stereocenters. The minimum Gasteiger partial charge on any atom is -0.358 e. The van der Waals surface area contributed by atoms with Crippen LogP contribution in [0.4, 0.5) is 0 Å². The zero-order valence-electron chi connectivity index (χ0n) is 28.2. The quantitative estimate of drug-likeness (QED) is 0.122. The second-order valence-corrected chi connectivity index (χ2v) is 15.8. The van der Waals surface area contributed by atoms with Crippen LogP contribution in [0.1, 0.15) is 11.1 Å². The summed E-state index contributed by atoms with van der Waals surface area (Å²) in [7, 11) is -2.94. The first-order chi connectivity index (χ1) is 22.2. The van der Waals surface area contributed by atoms with Crippen LogP contribution < -0.4 is 20.7 Å². The van der Waals surface area contributed by atoms with Gasteiger partial charge in [-0.05, 0) is 11.1 Å². The fourth-order valence-corrected chi connectivity index (χ4v) is 13.6. The molecule has 8 aromatic carbocycles. The summed E-state index contributed by atoms with van der Waals surface area (Å²) < 4.78 is 0. The van der Waals surface area contributed by atoms with Crippen molar-refractivity contribution in [3.8, 4) is 22.3 Å². The van der Waals surface area contributed by atoms with Gasteiger partial charge < -0.3 is 14.9 Å². The molecule has 0 nitrogen and oxygen atoms in total. The molecule has 232 valence electrons. The normalized spacial score (nSPS) is 11.0. The van der Waals surface area contributed by atoms with Gasteiger partial charge in [0.1, 0.15) is 0 Å². The summed E-state index contributed by atoms with van der Waals surface area (Å²) >= 11 is 0. The van der Waals surface area contributed by atoms with E-state index in [1.165, 1.54) is 75.7 Å². The van der Waals surface area contributed by atoms with Gasteiger partial charge in [0, 0.05) is 0 Å². The molecular weight excluding hydrogens is 628 g/mol. The molecule has 0 heterocycles. The van der Waals surface area contributed by atoms with Gasteiger partial charge in [0.05, 0.1) is 8.07 Å². The van der Waals surface area contributed by atoms with Crippen LogP contribution in [0.2, 0.25) is 0 Å². The summed E-state index contributed by atoms with van der Waals surface area (Å²) in [5, 5.41) is 11.2. The zero-order valence-corrected chi connectivity index (χ0v) is 30.7. The third-order valence-corrected chi connectivity index (χ3v) is 14.7. The van der Waals surface area contributed by atoms with Crippen LogP contribution in [-0.2, 0) is 21.7 Å². The van der Waals surface area contributed by atoms with Crippen molar-refractivity contribution in [2.75, 3.05) is 0 Å². The fourth-order valence-electron chi connectivity index (χ4n) is 7.87. The van der Waals surface area contributed by atoms with Crippen molar-refractivity contribution in [1.82, 2.24) is 0 Å². The van der Waals surface area contributed by atoms with E-state index in [1.807, 2.05) is 0 Å². The van der Waals surface area contributed by atoms with Crippen LogP contribution in [0.15, 0.2) is 170 Å². The molecule has 0 N–H and O–H groups in total. The van der Waals surface area contributed by atoms with E-state index in [4.69, 9.17) is 0 Å². The summed E-state index contributed by atoms with van der Waals surface area (Å²) in [5.41, 5.74) is 7.84. The maximum atomic E-state index is 2.43. The van der Waals surface area contributed by atoms with E-state index < -0.39 is 8.07 Å². The first kappa shape index (κ1) is 34.8. The Hall–Kier alpha value is -4.53. The van der Waals surface area contributed by atoms with Gasteiger partial charge in [0.2, 0.25) is 0 Å². The van der Waals surface area contributed by atoms with Gasteiger partial charge in [0.15, 0.2) is 0 Å². The molecule has 0 saturated carbocycles. The Morgan fingerprint density at radius 1 is 0.396 bits per heavy atom. The number of benzene rings is 6. The SMILES string of the molecule is Cc1[cH-]c2cccc(-c3ccccc3)c2c1[Si](c1ccccc1)(c1ccccc1)c1c(C)[cH-]c2cccc(-c3ccccc3)c12.[CH3-].[CH3-].[Ti+4]. The Bertz CT molecular complexity index is 2100. The predicted molar refractivity (Wildman–Crippen MR) is 209 cm³/mol. The maximum absolute atomic E-state index is 2.94. The van der Waals surface area contributed by atoms with E-state index in [2.05, 4.69) is 184 Å². The van der Waals surface area contributed by atoms with E-state index >= 15 is 0 Å². The third-order valence-electron chi connectivity index (χ3n) is 9.56. The number of hydrogen-bond acceptors (Lipinski definition) is 0. The standard InChI is InChI=1S/C44H34Si.2CH3.Ti/c1-31-29-35-21-15-27-39(33-17-7-3-8-18-33)41(35)43(31)45(37-23-11-5-12-24-37,38-25-13-6-14-26-38)44-32(2)30-36-22-16-28-40(42(36)44)34-19-9-4-10-20-34;;;/h3-30H,1-2H3;2*1H3;/q-2;2*-1;+4. The molecule has 0 aromatic heterocycles. The van der Waals surface area contributed by atoms with Gasteiger partial charge in [-0.3, -0.25) is 0 Å². The largest absolute Gasteiger partial charge is 4.00 e. The predicted octanol–water partition coefficient (Wildman–Crippen LogP) is 9.66. The molecule has 0 aliphatic heterocycles. The summed E-state index contributed by atoms with van der Waals surface area (Å²) in [5.74, 6) is 0. The molecule has 48 heavy (non-hydrogen) atoms. The molecule has 8 rings (SSSR count). The summed E-state index contributed by atoms with van der Waals surface area (Å²) in [4.78, 5) is 0. The van der Waals surface area contributed by atoms with Crippen molar-refractivity contribution in [3.63, 3.8) is 0 Å². The summed E-state index contributed by atoms with van der Waals surface area (Å²) in [6.45, 7) is 4.69. The number of aryl methyl sites for hydroxylation is 2. The van der Waals surface area contributed by atoms with E-state index in [9.17, 15) is 0 Å². The number of fused-ring (bicyclic) bond motifs is 2. The Kier molecular flexibility index (Phi) is 10.4. The average Bonchev–Trinajstić information content (AvgIpc) is 3.63. The van der Waals surface area contributed by atoms with Gasteiger partial charge in [-0.25, -0.2) is 0 Å². The first-order valence-corrected chi connectivity index (χ1v) is 17.8. The number of hydrogen-bond donors (Lipinski definition) is 0. The molecule has 0 aliphatic carbocycles. The van der Waals surface area contributed by atoms with Crippen molar-refractivity contribution in [2.24, 2.45) is 0 Å². The van der Waals surface area contributed by atoms with E-state index in [0.29, 0.717) is 0 Å². The molecule has 0 radical (unpaired) electrons. The van der Waals surface area contributed by atoms with Crippen molar-refractivity contribution in [2.45, 2.75) is 13.8 Å². The van der Waals surface area contributed by atoms with E-state index in [-0.39, 0.29) is 36.6 Å². The van der Waals surface area contributed by atoms with Crippen molar-refractivity contribution in [1.29, 1.82) is 0 Å². The van der Waals surface area contributed by atoms with Crippen LogP contribution in [-0.4, -0.2) is 8.07 Å². The Morgan fingerprint density at radius 2 is 0.729 bits per heavy atom. The van der Waals surface area contributed by atoms with Gasteiger partial charge in [0.25, 0.3) is 0 Å². The molecular formula is C46H40SiTi. The molecule has 2 heteroatoms. The summed E-state index contributed by atoms with van der Waals surface area (Å²) in [6, 6.07) is 63.3. The molecule has 0 saturated heterocycles. The maximum Gasteiger partial charge on any atom is 4.00 e. The van der Waals surface area contributed by atoms with Gasteiger partial charge in [-0.2, -0.15) is 0 Å². The van der Waals surface area contributed by atoms with Crippen molar-refractivity contribution >= 4 is 50.4 Å². The van der Waals surface area contributed by atoms with Crippen molar-refractivity contribution < 1.29 is 21.7 Å². The van der Waals surface area contributed by atoms with Crippen LogP contribution in [0, 0.1) is 28.7 Å². The topological polar surface area (TPSA) is 0 Å². The van der Waals surface area contributed by atoms with E-state index in [0.717, 1.165) is 0 Å². The minimum absolute atomic E-state index is 0. The van der Waals surface area contributed by atoms with Crippen LogP contribution in [0.3, 0.4) is 0 Å². The second-order valence-electron chi connectivity index (χ2n) is 12.2. The van der Waals surface area contributed by atoms with Crippen LogP contribution >= 0.6 is 0 Å². The smallest absolute Gasteiger partial charge is 0.358 e. The van der Waals surface area contributed by atoms with E-state index in [1.54, 1.807) is 0 Å². The van der Waals surface area contributed by atoms with Crippen molar-refractivity contribution in [3.05, 3.63) is 196 Å². The zero-order chi connectivity index (χ0) is 30.4. The van der Waals surface area contributed by atoms with Gasteiger partial charge >= 0.3 is 21.7 Å². The second kappa shape index (κ2) is 14.3. The monoisotopic (exact) mass is 668 g/mol. The summed E-state index contributed by atoms with van der Waals surface area (Å²) in [6.07, 6.45) is 0. The Labute approximate surface area is 302 Å². The Balaban J connectivity index is 0.00000150.